The van der Waals surface area contributed by atoms with Crippen molar-refractivity contribution in [2.75, 3.05) is 0 Å². The molecular weight excluding hydrogens is 639 g/mol. The topological polar surface area (TPSA) is 150 Å². The minimum absolute atomic E-state index is 0.124. The number of nitrogens with one attached hydrogen (secondary N) is 3. The van der Waals surface area contributed by atoms with E-state index >= 15 is 0 Å². The first-order chi connectivity index (χ1) is 23.4. The second-order valence-corrected chi connectivity index (χ2v) is 15.8. The first-order valence-electron chi connectivity index (χ1n) is 17.2. The number of aromatic nitrogens is 3. The Morgan fingerprint density at radius 2 is 1.88 bits per heavy atom. The fraction of sp³-hybridized carbons (Fsp3) is 0.472. The van der Waals surface area contributed by atoms with Crippen LogP contribution < -0.4 is 10.6 Å². The number of benzene rings is 2. The molecule has 7 rings (SSSR count). The summed E-state index contributed by atoms with van der Waals surface area (Å²) in [5.41, 5.74) is 1.64. The van der Waals surface area contributed by atoms with Crippen LogP contribution in [-0.2, 0) is 33.6 Å². The van der Waals surface area contributed by atoms with Crippen LogP contribution in [0.2, 0.25) is 12.6 Å². The van der Waals surface area contributed by atoms with E-state index in [1.807, 2.05) is 61.5 Å². The molecule has 2 saturated heterocycles. The van der Waals surface area contributed by atoms with E-state index < -0.39 is 35.4 Å². The van der Waals surface area contributed by atoms with Gasteiger partial charge in [-0.2, -0.15) is 0 Å². The number of aromatic amines is 1. The number of thiazole rings is 1. The summed E-state index contributed by atoms with van der Waals surface area (Å²) in [5, 5.41) is 18.6. The van der Waals surface area contributed by atoms with Crippen molar-refractivity contribution in [2.45, 2.75) is 102 Å². The lowest BCUT2D eigenvalue weighted by molar-refractivity contribution is -0.141. The SMILES string of the molecule is Cc1nc2c([nH]1)CC([C@H](NC(=O)[C@@H]1CCB3CC[C@](Cc4ccccc4)(NC(=O)OC(C)(C)C)C(=O)N31)C(O)c1nc3ccccc3s1)C2. The van der Waals surface area contributed by atoms with Gasteiger partial charge in [-0.05, 0) is 77.0 Å². The molecule has 3 amide bonds. The number of hydrogen-bond acceptors (Lipinski definition) is 8. The van der Waals surface area contributed by atoms with E-state index in [0.29, 0.717) is 43.3 Å². The first-order valence-corrected chi connectivity index (χ1v) is 18.0. The molecule has 4 heterocycles. The van der Waals surface area contributed by atoms with Gasteiger partial charge in [-0.3, -0.25) is 9.59 Å². The largest absolute Gasteiger partial charge is 0.444 e. The summed E-state index contributed by atoms with van der Waals surface area (Å²) in [6.07, 6.45) is 2.01. The van der Waals surface area contributed by atoms with Gasteiger partial charge in [0.1, 0.15) is 28.1 Å². The van der Waals surface area contributed by atoms with Crippen molar-refractivity contribution in [1.82, 2.24) is 30.4 Å². The zero-order valence-corrected chi connectivity index (χ0v) is 29.2. The smallest absolute Gasteiger partial charge is 0.408 e. The number of H-pyrrole nitrogens is 1. The lowest BCUT2D eigenvalue weighted by atomic mass is 9.51. The molecule has 0 spiro atoms. The van der Waals surface area contributed by atoms with Gasteiger partial charge in [0, 0.05) is 12.1 Å². The third kappa shape index (κ3) is 6.70. The van der Waals surface area contributed by atoms with E-state index in [-0.39, 0.29) is 31.0 Å². The molecule has 0 bridgehead atoms. The molecule has 49 heavy (non-hydrogen) atoms. The van der Waals surface area contributed by atoms with Gasteiger partial charge < -0.3 is 30.3 Å². The van der Waals surface area contributed by atoms with Crippen LogP contribution in [0, 0.1) is 12.8 Å². The lowest BCUT2D eigenvalue weighted by Gasteiger charge is -2.45. The van der Waals surface area contributed by atoms with Crippen LogP contribution in [0.25, 0.3) is 10.2 Å². The van der Waals surface area contributed by atoms with Gasteiger partial charge in [-0.25, -0.2) is 14.8 Å². The zero-order valence-electron chi connectivity index (χ0n) is 28.4. The number of alkyl carbamates (subject to hydrolysis) is 1. The van der Waals surface area contributed by atoms with E-state index in [0.717, 1.165) is 33.0 Å². The van der Waals surface area contributed by atoms with Gasteiger partial charge in [0.2, 0.25) is 11.8 Å². The first kappa shape index (κ1) is 33.3. The number of fused-ring (bicyclic) bond motifs is 3. The highest BCUT2D eigenvalue weighted by atomic mass is 32.1. The number of hydrogen-bond donors (Lipinski definition) is 4. The van der Waals surface area contributed by atoms with Gasteiger partial charge in [-0.1, -0.05) is 55.1 Å². The number of amides is 3. The summed E-state index contributed by atoms with van der Waals surface area (Å²) in [6.45, 7) is 7.15. The maximum absolute atomic E-state index is 14.7. The predicted molar refractivity (Wildman–Crippen MR) is 188 cm³/mol. The van der Waals surface area contributed by atoms with Gasteiger partial charge >= 0.3 is 6.09 Å². The molecule has 0 radical (unpaired) electrons. The Balaban J connectivity index is 1.16. The molecule has 4 N–H and O–H groups in total. The number of ether oxygens (including phenoxy) is 1. The van der Waals surface area contributed by atoms with Crippen molar-refractivity contribution in [3.8, 4) is 0 Å². The molecule has 1 aliphatic carbocycles. The highest BCUT2D eigenvalue weighted by molar-refractivity contribution is 7.18. The molecule has 2 aromatic carbocycles. The molecule has 2 fully saturated rings. The van der Waals surface area contributed by atoms with Crippen molar-refractivity contribution in [1.29, 1.82) is 0 Å². The number of aliphatic hydroxyl groups excluding tert-OH is 1. The number of nitrogens with zero attached hydrogens (tertiary/aromatic N) is 3. The third-order valence-electron chi connectivity index (χ3n) is 10.1. The molecular formula is C36H43BN6O5S. The van der Waals surface area contributed by atoms with Gasteiger partial charge in [0.25, 0.3) is 6.85 Å². The van der Waals surface area contributed by atoms with Crippen LogP contribution in [0.5, 0.6) is 0 Å². The molecule has 4 aromatic rings. The summed E-state index contributed by atoms with van der Waals surface area (Å²) >= 11 is 1.42. The lowest BCUT2D eigenvalue weighted by Crippen LogP contribution is -2.68. The van der Waals surface area contributed by atoms with Crippen LogP contribution in [0.15, 0.2) is 54.6 Å². The molecule has 2 aliphatic heterocycles. The summed E-state index contributed by atoms with van der Waals surface area (Å²) in [4.78, 5) is 56.7. The van der Waals surface area contributed by atoms with Crippen LogP contribution >= 0.6 is 11.3 Å². The quantitative estimate of drug-likeness (QED) is 0.196. The van der Waals surface area contributed by atoms with Gasteiger partial charge in [0.05, 0.1) is 28.0 Å². The Kier molecular flexibility index (Phi) is 8.77. The minimum atomic E-state index is -1.28. The van der Waals surface area contributed by atoms with Crippen molar-refractivity contribution < 1.29 is 24.2 Å². The molecule has 5 atom stereocenters. The monoisotopic (exact) mass is 682 g/mol. The summed E-state index contributed by atoms with van der Waals surface area (Å²) in [6, 6.07) is 15.9. The highest BCUT2D eigenvalue weighted by Crippen LogP contribution is 2.39. The number of rotatable bonds is 8. The van der Waals surface area contributed by atoms with E-state index in [9.17, 15) is 19.5 Å². The van der Waals surface area contributed by atoms with Crippen LogP contribution in [0.4, 0.5) is 4.79 Å². The van der Waals surface area contributed by atoms with Crippen molar-refractivity contribution in [2.24, 2.45) is 5.92 Å². The van der Waals surface area contributed by atoms with Crippen molar-refractivity contribution >= 4 is 46.3 Å². The second-order valence-electron chi connectivity index (χ2n) is 14.8. The zero-order chi connectivity index (χ0) is 34.5. The Bertz CT molecular complexity index is 1820. The maximum atomic E-state index is 14.7. The number of aliphatic hydroxyl groups is 1. The summed E-state index contributed by atoms with van der Waals surface area (Å²) in [5.74, 6) is 0.124. The normalized spacial score (nSPS) is 22.1. The third-order valence-corrected chi connectivity index (χ3v) is 11.2. The van der Waals surface area contributed by atoms with Crippen molar-refractivity contribution in [3.05, 3.63) is 82.4 Å². The molecule has 2 aromatic heterocycles. The Morgan fingerprint density at radius 3 is 2.61 bits per heavy atom. The van der Waals surface area contributed by atoms with Crippen LogP contribution in [-0.4, -0.2) is 72.8 Å². The average molecular weight is 683 g/mol. The van der Waals surface area contributed by atoms with Gasteiger partial charge in [-0.15, -0.1) is 11.3 Å². The highest BCUT2D eigenvalue weighted by Gasteiger charge is 2.55. The molecule has 0 saturated carbocycles. The summed E-state index contributed by atoms with van der Waals surface area (Å²) in [7, 11) is 0. The standard InChI is InChI=1S/C36H43BN6O5S/c1-21-38-25-18-23(19-26(25)39-21)29(30(44)32-40-24-12-8-9-13-28(24)49-32)41-31(45)27-14-16-37-17-15-36(33(46)43(27)37,20-22-10-6-5-7-11-22)42-34(47)48-35(2,3)4/h5-13,23,27,29-30,44H,14-20H2,1-4H3,(H,38,39)(H,41,45)(H,42,47)/t27-,29-,30?,36+/m0/s1. The molecule has 2 unspecified atom stereocenters. The number of aryl methyl sites for hydroxylation is 1. The van der Waals surface area contributed by atoms with E-state index in [2.05, 4.69) is 20.6 Å². The molecule has 13 heteroatoms. The molecule has 256 valence electrons. The minimum Gasteiger partial charge on any atom is -0.444 e. The Hall–Kier alpha value is -4.23. The van der Waals surface area contributed by atoms with E-state index in [1.54, 1.807) is 25.6 Å². The predicted octanol–water partition coefficient (Wildman–Crippen LogP) is 4.76. The molecule has 11 nitrogen and oxygen atoms in total. The van der Waals surface area contributed by atoms with Crippen LogP contribution in [0.1, 0.15) is 67.5 Å². The number of para-hydroxylation sites is 1. The molecule has 3 aliphatic rings. The van der Waals surface area contributed by atoms with E-state index in [4.69, 9.17) is 9.72 Å². The van der Waals surface area contributed by atoms with Crippen molar-refractivity contribution in [3.63, 3.8) is 0 Å². The van der Waals surface area contributed by atoms with Gasteiger partial charge in [0.15, 0.2) is 0 Å². The summed E-state index contributed by atoms with van der Waals surface area (Å²) < 4.78 is 6.58. The van der Waals surface area contributed by atoms with Crippen LogP contribution in [0.3, 0.4) is 0 Å². The Morgan fingerprint density at radius 1 is 1.12 bits per heavy atom. The fourth-order valence-corrected chi connectivity index (χ4v) is 8.92. The number of carbonyl (C=O) groups excluding carboxylic acids is 3. The van der Waals surface area contributed by atoms with E-state index in [1.165, 1.54) is 11.3 Å². The number of carbonyl (C=O) groups is 3. The number of imidazole rings is 1. The average Bonchev–Trinajstić information content (AvgIpc) is 3.83. The second kappa shape index (κ2) is 12.9. The fourth-order valence-electron chi connectivity index (χ4n) is 7.91. The Labute approximate surface area is 290 Å². The maximum Gasteiger partial charge on any atom is 0.408 e.